The van der Waals surface area contributed by atoms with E-state index in [1.807, 2.05) is 12.1 Å². The number of benzene rings is 1. The van der Waals surface area contributed by atoms with Gasteiger partial charge in [0.2, 0.25) is 0 Å². The smallest absolute Gasteiger partial charge is 0.0440 e. The summed E-state index contributed by atoms with van der Waals surface area (Å²) >= 11 is 6.28. The Morgan fingerprint density at radius 3 is 2.65 bits per heavy atom. The fourth-order valence-electron chi connectivity index (χ4n) is 2.95. The summed E-state index contributed by atoms with van der Waals surface area (Å²) in [5.41, 5.74) is 7.41. The minimum Gasteiger partial charge on any atom is -0.329 e. The normalized spacial score (nSPS) is 28.9. The summed E-state index contributed by atoms with van der Waals surface area (Å²) in [6.45, 7) is 0.723. The minimum atomic E-state index is 0.157. The van der Waals surface area contributed by atoms with Gasteiger partial charge in [-0.15, -0.1) is 0 Å². The van der Waals surface area contributed by atoms with Crippen LogP contribution >= 0.6 is 11.6 Å². The van der Waals surface area contributed by atoms with E-state index in [9.17, 15) is 0 Å². The highest BCUT2D eigenvalue weighted by atomic mass is 35.5. The molecule has 2 N–H and O–H groups in total. The van der Waals surface area contributed by atoms with Crippen LogP contribution in [0.4, 0.5) is 0 Å². The second-order valence-corrected chi connectivity index (χ2v) is 5.69. The molecule has 1 fully saturated rings. The van der Waals surface area contributed by atoms with E-state index in [1.54, 1.807) is 0 Å². The maximum absolute atomic E-state index is 6.28. The van der Waals surface area contributed by atoms with Crippen LogP contribution in [0.1, 0.15) is 30.7 Å². The lowest BCUT2D eigenvalue weighted by Gasteiger charge is -2.35. The third-order valence-corrected chi connectivity index (χ3v) is 4.60. The number of nitrogens with two attached hydrogens (primary N) is 1. The van der Waals surface area contributed by atoms with Crippen molar-refractivity contribution in [2.45, 2.75) is 30.7 Å². The molecule has 1 aliphatic carbocycles. The molecule has 17 heavy (non-hydrogen) atoms. The van der Waals surface area contributed by atoms with Crippen molar-refractivity contribution >= 4 is 11.6 Å². The quantitative estimate of drug-likeness (QED) is 0.897. The van der Waals surface area contributed by atoms with Crippen molar-refractivity contribution in [1.29, 1.82) is 0 Å². The van der Waals surface area contributed by atoms with Gasteiger partial charge in [0.25, 0.3) is 0 Å². The van der Waals surface area contributed by atoms with Crippen molar-refractivity contribution < 1.29 is 0 Å². The van der Waals surface area contributed by atoms with Crippen molar-refractivity contribution in [3.8, 4) is 0 Å². The molecule has 0 bridgehead atoms. The van der Waals surface area contributed by atoms with Crippen LogP contribution in [-0.4, -0.2) is 31.1 Å². The van der Waals surface area contributed by atoms with Crippen LogP contribution in [0.15, 0.2) is 24.3 Å². The number of hydrogen-bond acceptors (Lipinski definition) is 2. The van der Waals surface area contributed by atoms with Gasteiger partial charge >= 0.3 is 0 Å². The first-order valence-corrected chi connectivity index (χ1v) is 6.59. The zero-order valence-electron chi connectivity index (χ0n) is 10.6. The summed E-state index contributed by atoms with van der Waals surface area (Å²) < 4.78 is 0. The van der Waals surface area contributed by atoms with Gasteiger partial charge in [-0.2, -0.15) is 0 Å². The summed E-state index contributed by atoms with van der Waals surface area (Å²) in [6, 6.07) is 8.19. The molecule has 0 spiro atoms. The Labute approximate surface area is 109 Å². The van der Waals surface area contributed by atoms with Gasteiger partial charge < -0.3 is 10.6 Å². The van der Waals surface area contributed by atoms with E-state index >= 15 is 0 Å². The Morgan fingerprint density at radius 2 is 2.12 bits per heavy atom. The van der Waals surface area contributed by atoms with E-state index < -0.39 is 0 Å². The predicted molar refractivity (Wildman–Crippen MR) is 73.5 cm³/mol. The molecule has 1 aromatic rings. The molecule has 2 atom stereocenters. The van der Waals surface area contributed by atoms with Gasteiger partial charge in [-0.05, 0) is 50.9 Å². The largest absolute Gasteiger partial charge is 0.329 e. The molecule has 94 valence electrons. The van der Waals surface area contributed by atoms with Crippen LogP contribution in [0.5, 0.6) is 0 Å². The number of likely N-dealkylation sites (N-methyl/N-ethyl adjacent to an activating group) is 1. The molecule has 1 aromatic carbocycles. The first-order valence-electron chi connectivity index (χ1n) is 6.21. The molecule has 2 rings (SSSR count). The molecule has 0 aliphatic heterocycles. The van der Waals surface area contributed by atoms with Gasteiger partial charge in [-0.3, -0.25) is 0 Å². The average molecular weight is 253 g/mol. The molecule has 3 heteroatoms. The Morgan fingerprint density at radius 1 is 1.41 bits per heavy atom. The molecule has 0 amide bonds. The lowest BCUT2D eigenvalue weighted by atomic mass is 9.91. The van der Waals surface area contributed by atoms with E-state index in [4.69, 9.17) is 17.3 Å². The molecule has 2 nitrogen and oxygen atoms in total. The predicted octanol–water partition coefficient (Wildman–Crippen LogP) is 2.87. The van der Waals surface area contributed by atoms with Crippen LogP contribution in [-0.2, 0) is 0 Å². The highest BCUT2D eigenvalue weighted by Gasteiger charge is 2.40. The molecule has 1 saturated carbocycles. The van der Waals surface area contributed by atoms with E-state index in [-0.39, 0.29) is 5.54 Å². The number of rotatable bonds is 3. The Hall–Kier alpha value is -0.570. The zero-order chi connectivity index (χ0) is 12.5. The molecular weight excluding hydrogens is 232 g/mol. The molecule has 2 unspecified atom stereocenters. The maximum Gasteiger partial charge on any atom is 0.0440 e. The summed E-state index contributed by atoms with van der Waals surface area (Å²) in [5, 5.41) is 0.893. The summed E-state index contributed by atoms with van der Waals surface area (Å²) in [6.07, 6.45) is 3.45. The average Bonchev–Trinajstić information content (AvgIpc) is 2.75. The second-order valence-electron chi connectivity index (χ2n) is 5.28. The summed E-state index contributed by atoms with van der Waals surface area (Å²) in [7, 11) is 4.25. The first-order chi connectivity index (χ1) is 8.09. The third kappa shape index (κ3) is 2.35. The zero-order valence-corrected chi connectivity index (χ0v) is 11.4. The fourth-order valence-corrected chi connectivity index (χ4v) is 3.24. The van der Waals surface area contributed by atoms with Gasteiger partial charge in [0.15, 0.2) is 0 Å². The van der Waals surface area contributed by atoms with E-state index in [0.29, 0.717) is 5.92 Å². The van der Waals surface area contributed by atoms with Crippen molar-refractivity contribution in [3.63, 3.8) is 0 Å². The summed E-state index contributed by atoms with van der Waals surface area (Å²) in [5.74, 6) is 0.551. The maximum atomic E-state index is 6.28. The lowest BCUT2D eigenvalue weighted by Crippen LogP contribution is -2.48. The van der Waals surface area contributed by atoms with Crippen LogP contribution in [0.2, 0.25) is 5.02 Å². The molecule has 1 aliphatic rings. The highest BCUT2D eigenvalue weighted by molar-refractivity contribution is 6.31. The molecule has 0 saturated heterocycles. The monoisotopic (exact) mass is 252 g/mol. The van der Waals surface area contributed by atoms with Crippen LogP contribution in [0, 0.1) is 0 Å². The Bertz CT molecular complexity index is 392. The van der Waals surface area contributed by atoms with Gasteiger partial charge in [0, 0.05) is 17.1 Å². The van der Waals surface area contributed by atoms with E-state index in [0.717, 1.165) is 24.4 Å². The van der Waals surface area contributed by atoms with Crippen LogP contribution < -0.4 is 5.73 Å². The van der Waals surface area contributed by atoms with E-state index in [2.05, 4.69) is 31.1 Å². The molecule has 0 heterocycles. The highest BCUT2D eigenvalue weighted by Crippen LogP contribution is 2.44. The minimum absolute atomic E-state index is 0.157. The summed E-state index contributed by atoms with van der Waals surface area (Å²) in [4.78, 5) is 2.28. The van der Waals surface area contributed by atoms with Crippen LogP contribution in [0.25, 0.3) is 0 Å². The number of nitrogens with zero attached hydrogens (tertiary/aromatic N) is 1. The van der Waals surface area contributed by atoms with Gasteiger partial charge in [0.1, 0.15) is 0 Å². The van der Waals surface area contributed by atoms with Gasteiger partial charge in [0.05, 0.1) is 0 Å². The fraction of sp³-hybridized carbons (Fsp3) is 0.571. The van der Waals surface area contributed by atoms with Crippen molar-refractivity contribution in [3.05, 3.63) is 34.9 Å². The Balaban J connectivity index is 2.20. The van der Waals surface area contributed by atoms with Crippen molar-refractivity contribution in [2.75, 3.05) is 20.6 Å². The van der Waals surface area contributed by atoms with E-state index in [1.165, 1.54) is 12.0 Å². The van der Waals surface area contributed by atoms with Gasteiger partial charge in [-0.25, -0.2) is 0 Å². The van der Waals surface area contributed by atoms with Gasteiger partial charge in [-0.1, -0.05) is 29.8 Å². The standard InChI is InChI=1S/C14H21ClN2/c1-17(2)14(10-16)8-7-11(9-14)12-5-3-4-6-13(12)15/h3-6,11H,7-10,16H2,1-2H3. The number of hydrogen-bond donors (Lipinski definition) is 1. The topological polar surface area (TPSA) is 29.3 Å². The second kappa shape index (κ2) is 4.97. The van der Waals surface area contributed by atoms with Crippen LogP contribution in [0.3, 0.4) is 0 Å². The third-order valence-electron chi connectivity index (χ3n) is 4.26. The molecule has 0 radical (unpaired) electrons. The first kappa shape index (κ1) is 12.9. The number of halogens is 1. The van der Waals surface area contributed by atoms with Crippen molar-refractivity contribution in [1.82, 2.24) is 4.90 Å². The SMILES string of the molecule is CN(C)C1(CN)CCC(c2ccccc2Cl)C1. The lowest BCUT2D eigenvalue weighted by molar-refractivity contribution is 0.165. The molecule has 0 aromatic heterocycles. The Kier molecular flexibility index (Phi) is 3.76. The molecular formula is C14H21ClN2. The van der Waals surface area contributed by atoms with Crippen molar-refractivity contribution in [2.24, 2.45) is 5.73 Å².